The standard InChI is InChI=1S/C4H9N.P/c1-2-3-4-5;/h3-4H,2,5H2,1H3;. The third-order valence-corrected chi connectivity index (χ3v) is 0.372. The normalized spacial score (nSPS) is 8.17. The molecule has 0 spiro atoms. The van der Waals surface area contributed by atoms with Crippen LogP contribution in [0.2, 0.25) is 0 Å². The van der Waals surface area contributed by atoms with Gasteiger partial charge in [0.15, 0.2) is 0 Å². The van der Waals surface area contributed by atoms with Crippen LogP contribution in [0.25, 0.3) is 0 Å². The first-order chi connectivity index (χ1) is 2.41. The largest absolute Gasteiger partial charge is 0.405 e. The van der Waals surface area contributed by atoms with Gasteiger partial charge in [-0.1, -0.05) is 13.0 Å². The third kappa shape index (κ3) is 9.02. The van der Waals surface area contributed by atoms with Crippen molar-refractivity contribution in [2.75, 3.05) is 0 Å². The van der Waals surface area contributed by atoms with Crippen LogP contribution >= 0.6 is 9.90 Å². The van der Waals surface area contributed by atoms with E-state index >= 15 is 0 Å². The second-order valence-electron chi connectivity index (χ2n) is 0.836. The second kappa shape index (κ2) is 8.88. The fraction of sp³-hybridized carbons (Fsp3) is 0.500. The van der Waals surface area contributed by atoms with Gasteiger partial charge >= 0.3 is 0 Å². The number of hydrogen-bond acceptors (Lipinski definition) is 1. The van der Waals surface area contributed by atoms with Crippen molar-refractivity contribution in [1.29, 1.82) is 0 Å². The summed E-state index contributed by atoms with van der Waals surface area (Å²) in [5, 5.41) is 0. The molecule has 0 saturated carbocycles. The molecular weight excluding hydrogens is 93.0 g/mol. The average Bonchev–Trinajstić information content (AvgIpc) is 1.41. The lowest BCUT2D eigenvalue weighted by molar-refractivity contribution is 1.21. The van der Waals surface area contributed by atoms with Gasteiger partial charge in [-0.05, 0) is 12.6 Å². The first kappa shape index (κ1) is 9.36. The minimum absolute atomic E-state index is 0. The van der Waals surface area contributed by atoms with E-state index in [2.05, 4.69) is 0 Å². The summed E-state index contributed by atoms with van der Waals surface area (Å²) in [5.74, 6) is 0. The van der Waals surface area contributed by atoms with E-state index in [1.165, 1.54) is 0 Å². The van der Waals surface area contributed by atoms with E-state index in [1.807, 2.05) is 13.0 Å². The molecule has 0 heterocycles. The summed E-state index contributed by atoms with van der Waals surface area (Å²) in [7, 11) is 0. The van der Waals surface area contributed by atoms with E-state index in [0.29, 0.717) is 0 Å². The van der Waals surface area contributed by atoms with Gasteiger partial charge in [0, 0.05) is 9.90 Å². The van der Waals surface area contributed by atoms with Gasteiger partial charge in [-0.25, -0.2) is 0 Å². The first-order valence-electron chi connectivity index (χ1n) is 1.78. The summed E-state index contributed by atoms with van der Waals surface area (Å²) in [5.41, 5.74) is 4.96. The Bertz CT molecular complexity index is 34.5. The van der Waals surface area contributed by atoms with Crippen LogP contribution < -0.4 is 5.73 Å². The highest BCUT2D eigenvalue weighted by atomic mass is 31.0. The van der Waals surface area contributed by atoms with Gasteiger partial charge in [0.05, 0.1) is 0 Å². The highest BCUT2D eigenvalue weighted by Crippen LogP contribution is 1.69. The fourth-order valence-corrected chi connectivity index (χ4v) is 0.136. The molecule has 0 aromatic carbocycles. The maximum absolute atomic E-state index is 4.96. The average molecular weight is 102 g/mol. The van der Waals surface area contributed by atoms with Crippen molar-refractivity contribution in [1.82, 2.24) is 0 Å². The number of rotatable bonds is 1. The highest BCUT2D eigenvalue weighted by molar-refractivity contribution is 6.92. The molecule has 0 atom stereocenters. The summed E-state index contributed by atoms with van der Waals surface area (Å²) in [4.78, 5) is 0. The van der Waals surface area contributed by atoms with Gasteiger partial charge in [-0.2, -0.15) is 0 Å². The topological polar surface area (TPSA) is 26.0 Å². The zero-order valence-electron chi connectivity index (χ0n) is 3.89. The van der Waals surface area contributed by atoms with Crippen LogP contribution in [-0.2, 0) is 0 Å². The summed E-state index contributed by atoms with van der Waals surface area (Å²) < 4.78 is 0. The van der Waals surface area contributed by atoms with Crippen molar-refractivity contribution in [2.45, 2.75) is 13.3 Å². The quantitative estimate of drug-likeness (QED) is 0.501. The molecule has 0 bridgehead atoms. The molecule has 0 aromatic heterocycles. The first-order valence-corrected chi connectivity index (χ1v) is 1.78. The Labute approximate surface area is 42.2 Å². The molecule has 0 aliphatic heterocycles. The van der Waals surface area contributed by atoms with Crippen molar-refractivity contribution < 1.29 is 0 Å². The van der Waals surface area contributed by atoms with E-state index in [4.69, 9.17) is 5.73 Å². The van der Waals surface area contributed by atoms with Crippen molar-refractivity contribution in [3.63, 3.8) is 0 Å². The van der Waals surface area contributed by atoms with Gasteiger partial charge in [-0.15, -0.1) is 0 Å². The highest BCUT2D eigenvalue weighted by Gasteiger charge is 1.52. The molecule has 0 aliphatic carbocycles. The molecule has 0 aliphatic rings. The summed E-state index contributed by atoms with van der Waals surface area (Å²) in [6, 6.07) is 0. The molecule has 6 heavy (non-hydrogen) atoms. The predicted octanol–water partition coefficient (Wildman–Crippen LogP) is 1.73. The van der Waals surface area contributed by atoms with E-state index in [-0.39, 0.29) is 9.90 Å². The summed E-state index contributed by atoms with van der Waals surface area (Å²) >= 11 is 0. The summed E-state index contributed by atoms with van der Waals surface area (Å²) in [6.07, 6.45) is 4.50. The van der Waals surface area contributed by atoms with E-state index in [0.717, 1.165) is 6.42 Å². The second-order valence-corrected chi connectivity index (χ2v) is 0.836. The Morgan fingerprint density at radius 1 is 1.67 bits per heavy atom. The Hall–Kier alpha value is -0.0300. The molecule has 0 saturated heterocycles. The molecule has 1 nitrogen and oxygen atoms in total. The van der Waals surface area contributed by atoms with Gasteiger partial charge in [-0.3, -0.25) is 0 Å². The Balaban J connectivity index is 0. The van der Waals surface area contributed by atoms with Crippen LogP contribution in [0, 0.1) is 0 Å². The predicted molar refractivity (Wildman–Crippen MR) is 30.5 cm³/mol. The van der Waals surface area contributed by atoms with Crippen LogP contribution in [0.3, 0.4) is 0 Å². The lowest BCUT2D eigenvalue weighted by Gasteiger charge is -1.66. The van der Waals surface area contributed by atoms with Gasteiger partial charge in [0.25, 0.3) is 0 Å². The van der Waals surface area contributed by atoms with Crippen LogP contribution in [0.1, 0.15) is 13.3 Å². The SMILES string of the molecule is CCC=CN.[P]. The molecule has 0 fully saturated rings. The molecule has 0 aromatic rings. The molecular formula is C4H9NP. The minimum Gasteiger partial charge on any atom is -0.405 e. The fourth-order valence-electron chi connectivity index (χ4n) is 0.136. The molecule has 35 valence electrons. The minimum atomic E-state index is 0. The van der Waals surface area contributed by atoms with Crippen LogP contribution in [0.4, 0.5) is 0 Å². The lowest BCUT2D eigenvalue weighted by Crippen LogP contribution is -1.72. The van der Waals surface area contributed by atoms with Crippen LogP contribution in [0.5, 0.6) is 0 Å². The van der Waals surface area contributed by atoms with Crippen LogP contribution in [-0.4, -0.2) is 0 Å². The van der Waals surface area contributed by atoms with Gasteiger partial charge in [0.2, 0.25) is 0 Å². The van der Waals surface area contributed by atoms with Crippen molar-refractivity contribution in [3.8, 4) is 0 Å². The van der Waals surface area contributed by atoms with Crippen LogP contribution in [0.15, 0.2) is 12.3 Å². The van der Waals surface area contributed by atoms with E-state index in [1.54, 1.807) is 6.20 Å². The Morgan fingerprint density at radius 2 is 2.17 bits per heavy atom. The maximum Gasteiger partial charge on any atom is 0 e. The van der Waals surface area contributed by atoms with Crippen molar-refractivity contribution >= 4 is 9.90 Å². The van der Waals surface area contributed by atoms with Crippen molar-refractivity contribution in [3.05, 3.63) is 12.3 Å². The molecule has 2 N–H and O–H groups in total. The van der Waals surface area contributed by atoms with Gasteiger partial charge in [0.1, 0.15) is 0 Å². The zero-order chi connectivity index (χ0) is 4.12. The zero-order valence-corrected chi connectivity index (χ0v) is 4.78. The number of nitrogens with two attached hydrogens (primary N) is 1. The summed E-state index contributed by atoms with van der Waals surface area (Å²) in [6.45, 7) is 2.04. The molecule has 2 heteroatoms. The maximum atomic E-state index is 4.96. The van der Waals surface area contributed by atoms with E-state index < -0.39 is 0 Å². The number of allylic oxidation sites excluding steroid dienone is 1. The van der Waals surface area contributed by atoms with Crippen molar-refractivity contribution in [2.24, 2.45) is 5.73 Å². The van der Waals surface area contributed by atoms with E-state index in [9.17, 15) is 0 Å². The lowest BCUT2D eigenvalue weighted by atomic mass is 10.5. The third-order valence-electron chi connectivity index (χ3n) is 0.372. The molecule has 0 amide bonds. The smallest absolute Gasteiger partial charge is 0 e. The monoisotopic (exact) mass is 102 g/mol. The molecule has 0 unspecified atom stereocenters. The Kier molecular flexibility index (Phi) is 13.8. The molecule has 3 radical (unpaired) electrons. The Morgan fingerprint density at radius 3 is 2.17 bits per heavy atom. The number of hydrogen-bond donors (Lipinski definition) is 1. The van der Waals surface area contributed by atoms with Gasteiger partial charge < -0.3 is 5.73 Å². The molecule has 0 rings (SSSR count).